The van der Waals surface area contributed by atoms with Crippen LogP contribution in [0.2, 0.25) is 0 Å². The fourth-order valence-electron chi connectivity index (χ4n) is 4.10. The Morgan fingerprint density at radius 2 is 1.81 bits per heavy atom. The van der Waals surface area contributed by atoms with Crippen molar-refractivity contribution in [3.05, 3.63) is 65.9 Å². The van der Waals surface area contributed by atoms with Crippen molar-refractivity contribution in [3.8, 4) is 5.75 Å². The molecule has 2 aliphatic rings. The molecule has 0 bridgehead atoms. The number of nitrogens with one attached hydrogen (secondary N) is 2. The number of methoxy groups -OCH3 is 1. The number of anilines is 1. The summed E-state index contributed by atoms with van der Waals surface area (Å²) in [5, 5.41) is 8.72. The number of fused-ring (bicyclic) bond motifs is 1. The molecule has 0 fully saturated rings. The molecule has 1 atom stereocenters. The van der Waals surface area contributed by atoms with E-state index in [0.29, 0.717) is 22.7 Å². The molecular weight excluding hydrogens is 396 g/mol. The van der Waals surface area contributed by atoms with Crippen molar-refractivity contribution in [2.24, 2.45) is 11.0 Å². The zero-order valence-electron chi connectivity index (χ0n) is 16.8. The molecule has 1 aromatic heterocycles. The van der Waals surface area contributed by atoms with E-state index in [1.54, 1.807) is 56.6 Å². The van der Waals surface area contributed by atoms with E-state index < -0.39 is 17.7 Å². The second kappa shape index (κ2) is 6.94. The number of nitrogens with zero attached hydrogens (tertiary/aromatic N) is 2. The number of hydrogen-bond acceptors (Lipinski definition) is 5. The summed E-state index contributed by atoms with van der Waals surface area (Å²) >= 11 is 0. The van der Waals surface area contributed by atoms with E-state index in [-0.39, 0.29) is 17.1 Å². The van der Waals surface area contributed by atoms with Crippen molar-refractivity contribution in [2.75, 3.05) is 12.1 Å². The third-order valence-corrected chi connectivity index (χ3v) is 5.55. The van der Waals surface area contributed by atoms with Gasteiger partial charge in [0.1, 0.15) is 11.7 Å². The Morgan fingerprint density at radius 3 is 2.55 bits per heavy atom. The first kappa shape index (κ1) is 18.8. The highest BCUT2D eigenvalue weighted by atomic mass is 16.5. The summed E-state index contributed by atoms with van der Waals surface area (Å²) in [5.74, 6) is -1.83. The van der Waals surface area contributed by atoms with Crippen LogP contribution in [0.5, 0.6) is 5.75 Å². The average Bonchev–Trinajstić information content (AvgIpc) is 3.40. The summed E-state index contributed by atoms with van der Waals surface area (Å²) in [6.07, 6.45) is 1.67. The van der Waals surface area contributed by atoms with Gasteiger partial charge in [0, 0.05) is 28.2 Å². The van der Waals surface area contributed by atoms with Crippen LogP contribution in [0, 0.1) is 5.92 Å². The Kier molecular flexibility index (Phi) is 4.21. The Bertz CT molecular complexity index is 1320. The van der Waals surface area contributed by atoms with Crippen LogP contribution in [0.25, 0.3) is 16.5 Å². The number of amides is 3. The van der Waals surface area contributed by atoms with Gasteiger partial charge in [0.25, 0.3) is 17.7 Å². The van der Waals surface area contributed by atoms with E-state index in [2.05, 4.69) is 15.4 Å². The van der Waals surface area contributed by atoms with Crippen LogP contribution in [-0.2, 0) is 14.4 Å². The van der Waals surface area contributed by atoms with Gasteiger partial charge in [0.2, 0.25) is 0 Å². The molecule has 8 heteroatoms. The molecule has 0 radical (unpaired) electrons. The molecule has 3 heterocycles. The zero-order chi connectivity index (χ0) is 21.7. The van der Waals surface area contributed by atoms with Gasteiger partial charge in [-0.25, -0.2) is 0 Å². The number of H-pyrrole nitrogens is 1. The zero-order valence-corrected chi connectivity index (χ0v) is 16.8. The largest absolute Gasteiger partial charge is 0.497 e. The normalized spacial score (nSPS) is 18.8. The summed E-state index contributed by atoms with van der Waals surface area (Å²) in [6.45, 7) is 1.68. The lowest BCUT2D eigenvalue weighted by Crippen LogP contribution is -2.32. The Hall–Kier alpha value is -4.20. The molecule has 0 aliphatic carbocycles. The summed E-state index contributed by atoms with van der Waals surface area (Å²) < 4.78 is 5.30. The molecule has 0 saturated carbocycles. The van der Waals surface area contributed by atoms with Gasteiger partial charge in [-0.3, -0.25) is 19.7 Å². The Labute approximate surface area is 177 Å². The molecule has 2 N–H and O–H groups in total. The molecule has 1 unspecified atom stereocenters. The first-order chi connectivity index (χ1) is 15.0. The highest BCUT2D eigenvalue weighted by molar-refractivity contribution is 6.40. The van der Waals surface area contributed by atoms with Gasteiger partial charge in [0.05, 0.1) is 24.1 Å². The molecule has 3 amide bonds. The summed E-state index contributed by atoms with van der Waals surface area (Å²) in [5.41, 5.74) is 2.64. The fraction of sp³-hybridized carbons (Fsp3) is 0.130. The predicted molar refractivity (Wildman–Crippen MR) is 115 cm³/mol. The van der Waals surface area contributed by atoms with Gasteiger partial charge in [-0.2, -0.15) is 10.1 Å². The van der Waals surface area contributed by atoms with Gasteiger partial charge in [-0.05, 0) is 37.3 Å². The number of aromatic amines is 1. The Morgan fingerprint density at radius 1 is 1.03 bits per heavy atom. The van der Waals surface area contributed by atoms with Gasteiger partial charge >= 0.3 is 0 Å². The fourth-order valence-corrected chi connectivity index (χ4v) is 4.10. The SMILES string of the molecule is COc1ccc2[nH]cc(C3=C(C4C(=O)N(c5ccccc5)N=C4C)C(=O)NC3=O)c2c1. The van der Waals surface area contributed by atoms with Gasteiger partial charge in [-0.15, -0.1) is 0 Å². The first-order valence-electron chi connectivity index (χ1n) is 9.69. The molecule has 2 aliphatic heterocycles. The van der Waals surface area contributed by atoms with Crippen LogP contribution in [0.3, 0.4) is 0 Å². The monoisotopic (exact) mass is 414 g/mol. The lowest BCUT2D eigenvalue weighted by atomic mass is 9.88. The highest BCUT2D eigenvalue weighted by Gasteiger charge is 2.45. The number of ether oxygens (including phenoxy) is 1. The number of aromatic nitrogens is 1. The maximum absolute atomic E-state index is 13.3. The van der Waals surface area contributed by atoms with E-state index in [1.165, 1.54) is 5.01 Å². The average molecular weight is 414 g/mol. The van der Waals surface area contributed by atoms with Crippen molar-refractivity contribution >= 4 is 45.6 Å². The lowest BCUT2D eigenvalue weighted by Gasteiger charge is -2.15. The van der Waals surface area contributed by atoms with E-state index >= 15 is 0 Å². The number of carbonyl (C=O) groups excluding carboxylic acids is 3. The van der Waals surface area contributed by atoms with Gasteiger partial charge in [-0.1, -0.05) is 18.2 Å². The maximum atomic E-state index is 13.3. The minimum atomic E-state index is -0.947. The summed E-state index contributed by atoms with van der Waals surface area (Å²) in [6, 6.07) is 14.4. The second-order valence-corrected chi connectivity index (χ2v) is 7.35. The van der Waals surface area contributed by atoms with Crippen LogP contribution in [0.4, 0.5) is 5.69 Å². The molecule has 0 saturated heterocycles. The quantitative estimate of drug-likeness (QED) is 0.641. The number of benzene rings is 2. The number of carbonyl (C=O) groups is 3. The molecule has 8 nitrogen and oxygen atoms in total. The van der Waals surface area contributed by atoms with Crippen LogP contribution in [0.15, 0.2) is 65.4 Å². The summed E-state index contributed by atoms with van der Waals surface area (Å²) in [7, 11) is 1.55. The van der Waals surface area contributed by atoms with Crippen molar-refractivity contribution in [1.82, 2.24) is 10.3 Å². The number of para-hydroxylation sites is 1. The van der Waals surface area contributed by atoms with Gasteiger partial charge in [0.15, 0.2) is 0 Å². The van der Waals surface area contributed by atoms with Crippen LogP contribution < -0.4 is 15.1 Å². The molecule has 2 aromatic carbocycles. The Balaban J connectivity index is 1.67. The van der Waals surface area contributed by atoms with Crippen LogP contribution >= 0.6 is 0 Å². The van der Waals surface area contributed by atoms with Crippen molar-refractivity contribution in [1.29, 1.82) is 0 Å². The minimum Gasteiger partial charge on any atom is -0.497 e. The smallest absolute Gasteiger partial charge is 0.260 e. The number of imide groups is 1. The van der Waals surface area contributed by atoms with E-state index in [4.69, 9.17) is 4.74 Å². The van der Waals surface area contributed by atoms with E-state index in [1.807, 2.05) is 12.1 Å². The third-order valence-electron chi connectivity index (χ3n) is 5.55. The number of hydrazone groups is 1. The summed E-state index contributed by atoms with van der Waals surface area (Å²) in [4.78, 5) is 42.0. The van der Waals surface area contributed by atoms with Crippen molar-refractivity contribution in [3.63, 3.8) is 0 Å². The van der Waals surface area contributed by atoms with E-state index in [9.17, 15) is 14.4 Å². The topological polar surface area (TPSA) is 104 Å². The van der Waals surface area contributed by atoms with Crippen molar-refractivity contribution < 1.29 is 19.1 Å². The number of hydrogen-bond donors (Lipinski definition) is 2. The second-order valence-electron chi connectivity index (χ2n) is 7.35. The molecule has 31 heavy (non-hydrogen) atoms. The minimum absolute atomic E-state index is 0.110. The lowest BCUT2D eigenvalue weighted by molar-refractivity contribution is -0.125. The van der Waals surface area contributed by atoms with Crippen molar-refractivity contribution in [2.45, 2.75) is 6.92 Å². The molecule has 154 valence electrons. The first-order valence-corrected chi connectivity index (χ1v) is 9.69. The predicted octanol–water partition coefficient (Wildman–Crippen LogP) is 2.63. The highest BCUT2D eigenvalue weighted by Crippen LogP contribution is 2.38. The van der Waals surface area contributed by atoms with E-state index in [0.717, 1.165) is 10.9 Å². The standard InChI is InChI=1S/C23H18N4O4/c1-12-18(23(30)27(26-12)13-6-4-3-5-7-13)20-19(21(28)25-22(20)29)16-11-24-17-9-8-14(31-2)10-15(16)17/h3-11,18,24H,1-2H3,(H,25,28,29). The van der Waals surface area contributed by atoms with Crippen LogP contribution in [0.1, 0.15) is 12.5 Å². The molecule has 5 rings (SSSR count). The molecular formula is C23H18N4O4. The van der Waals surface area contributed by atoms with Crippen LogP contribution in [-0.4, -0.2) is 35.5 Å². The molecule has 3 aromatic rings. The maximum Gasteiger partial charge on any atom is 0.260 e. The third kappa shape index (κ3) is 2.83. The van der Waals surface area contributed by atoms with Gasteiger partial charge < -0.3 is 9.72 Å². The molecule has 0 spiro atoms. The number of rotatable bonds is 4.